The van der Waals surface area contributed by atoms with E-state index in [-0.39, 0.29) is 0 Å². The number of fused-ring (bicyclic) bond motifs is 5. The van der Waals surface area contributed by atoms with Gasteiger partial charge in [0.25, 0.3) is 0 Å². The van der Waals surface area contributed by atoms with Crippen molar-refractivity contribution in [3.05, 3.63) is 188 Å². The molecule has 1 aliphatic rings. The number of hydrogen-bond donors (Lipinski definition) is 0. The minimum absolute atomic E-state index is 1.05. The van der Waals surface area contributed by atoms with Crippen LogP contribution in [0.15, 0.2) is 176 Å². The first kappa shape index (κ1) is 26.3. The summed E-state index contributed by atoms with van der Waals surface area (Å²) in [5, 5.41) is 2.50. The number of benzene rings is 7. The van der Waals surface area contributed by atoms with Gasteiger partial charge in [-0.25, -0.2) is 0 Å². The normalized spacial score (nSPS) is 12.3. The van der Waals surface area contributed by atoms with E-state index in [1.807, 2.05) is 0 Å². The van der Waals surface area contributed by atoms with Crippen LogP contribution in [0.3, 0.4) is 0 Å². The SMILES string of the molecule is C=C1c2ccccc2N(c2ccc(-c3ccccc3)cc2)c2ccc(-c3ccc4c(c3)c3ccccc3n4-c3ccccc3)cc21. The lowest BCUT2D eigenvalue weighted by molar-refractivity contribution is 1.18. The van der Waals surface area contributed by atoms with E-state index in [0.29, 0.717) is 0 Å². The van der Waals surface area contributed by atoms with Crippen molar-refractivity contribution in [1.29, 1.82) is 0 Å². The number of rotatable bonds is 4. The molecule has 8 aromatic rings. The molecule has 2 heteroatoms. The second-order valence-corrected chi connectivity index (χ2v) is 11.9. The van der Waals surface area contributed by atoms with Crippen molar-refractivity contribution in [1.82, 2.24) is 4.57 Å². The highest BCUT2D eigenvalue weighted by Gasteiger charge is 2.27. The summed E-state index contributed by atoms with van der Waals surface area (Å²) in [7, 11) is 0. The summed E-state index contributed by atoms with van der Waals surface area (Å²) < 4.78 is 2.36. The van der Waals surface area contributed by atoms with Gasteiger partial charge in [0.15, 0.2) is 0 Å². The number of nitrogens with zero attached hydrogens (tertiary/aromatic N) is 2. The van der Waals surface area contributed by atoms with Crippen molar-refractivity contribution in [2.45, 2.75) is 0 Å². The second-order valence-electron chi connectivity index (χ2n) is 11.9. The average Bonchev–Trinajstić information content (AvgIpc) is 3.46. The Morgan fingerprint density at radius 3 is 1.78 bits per heavy atom. The molecule has 0 aliphatic carbocycles. The molecule has 46 heavy (non-hydrogen) atoms. The molecule has 0 fully saturated rings. The first-order chi connectivity index (χ1) is 22.7. The fraction of sp³-hybridized carbons (Fsp3) is 0. The number of aromatic nitrogens is 1. The molecule has 2 heterocycles. The average molecular weight is 587 g/mol. The molecule has 0 bridgehead atoms. The van der Waals surface area contributed by atoms with Crippen LogP contribution in [0, 0.1) is 0 Å². The summed E-state index contributed by atoms with van der Waals surface area (Å²) in [4.78, 5) is 2.37. The van der Waals surface area contributed by atoms with Crippen LogP contribution in [-0.4, -0.2) is 4.57 Å². The summed E-state index contributed by atoms with van der Waals surface area (Å²) in [6.45, 7) is 4.61. The highest BCUT2D eigenvalue weighted by Crippen LogP contribution is 2.49. The van der Waals surface area contributed by atoms with E-state index in [9.17, 15) is 0 Å². The molecule has 1 aromatic heterocycles. The van der Waals surface area contributed by atoms with E-state index in [4.69, 9.17) is 0 Å². The monoisotopic (exact) mass is 586 g/mol. The van der Waals surface area contributed by atoms with Gasteiger partial charge in [-0.2, -0.15) is 0 Å². The first-order valence-corrected chi connectivity index (χ1v) is 15.7. The van der Waals surface area contributed by atoms with Crippen molar-refractivity contribution in [2.75, 3.05) is 4.90 Å². The summed E-state index contributed by atoms with van der Waals surface area (Å²) in [6.07, 6.45) is 0. The molecule has 0 saturated carbocycles. The molecule has 0 N–H and O–H groups in total. The van der Waals surface area contributed by atoms with Crippen LogP contribution in [0.5, 0.6) is 0 Å². The Morgan fingerprint density at radius 1 is 0.370 bits per heavy atom. The third-order valence-electron chi connectivity index (χ3n) is 9.29. The van der Waals surface area contributed by atoms with Crippen molar-refractivity contribution in [3.63, 3.8) is 0 Å². The summed E-state index contributed by atoms with van der Waals surface area (Å²) in [5.41, 5.74) is 15.1. The van der Waals surface area contributed by atoms with Gasteiger partial charge in [-0.1, -0.05) is 116 Å². The Kier molecular flexibility index (Phi) is 6.00. The molecule has 0 spiro atoms. The number of para-hydroxylation sites is 3. The third kappa shape index (κ3) is 4.12. The molecule has 0 saturated heterocycles. The highest BCUT2D eigenvalue weighted by molar-refractivity contribution is 6.10. The Balaban J connectivity index is 1.17. The van der Waals surface area contributed by atoms with Crippen LogP contribution < -0.4 is 4.90 Å². The largest absolute Gasteiger partial charge is 0.309 e. The van der Waals surface area contributed by atoms with E-state index in [2.05, 4.69) is 186 Å². The molecule has 0 unspecified atom stereocenters. The van der Waals surface area contributed by atoms with E-state index in [1.165, 1.54) is 49.7 Å². The Labute approximate surface area is 268 Å². The molecule has 1 aliphatic heterocycles. The van der Waals surface area contributed by atoms with E-state index >= 15 is 0 Å². The topological polar surface area (TPSA) is 8.17 Å². The maximum atomic E-state index is 4.61. The Hall–Kier alpha value is -6.12. The fourth-order valence-corrected chi connectivity index (χ4v) is 7.07. The predicted molar refractivity (Wildman–Crippen MR) is 194 cm³/mol. The van der Waals surface area contributed by atoms with Gasteiger partial charge in [0.1, 0.15) is 0 Å². The van der Waals surface area contributed by atoms with Gasteiger partial charge < -0.3 is 9.47 Å². The van der Waals surface area contributed by atoms with Gasteiger partial charge in [-0.05, 0) is 88.5 Å². The van der Waals surface area contributed by atoms with Crippen LogP contribution in [0.1, 0.15) is 11.1 Å². The zero-order valence-corrected chi connectivity index (χ0v) is 25.3. The summed E-state index contributed by atoms with van der Waals surface area (Å²) >= 11 is 0. The van der Waals surface area contributed by atoms with Crippen LogP contribution in [-0.2, 0) is 0 Å². The lowest BCUT2D eigenvalue weighted by Gasteiger charge is -2.35. The smallest absolute Gasteiger partial charge is 0.0541 e. The van der Waals surface area contributed by atoms with Gasteiger partial charge in [-0.15, -0.1) is 0 Å². The molecule has 216 valence electrons. The molecular formula is C44H30N2. The van der Waals surface area contributed by atoms with Gasteiger partial charge >= 0.3 is 0 Å². The van der Waals surface area contributed by atoms with Crippen LogP contribution in [0.4, 0.5) is 17.1 Å². The lowest BCUT2D eigenvalue weighted by atomic mass is 9.88. The summed E-state index contributed by atoms with van der Waals surface area (Å²) in [6, 6.07) is 61.0. The minimum Gasteiger partial charge on any atom is -0.309 e. The van der Waals surface area contributed by atoms with Crippen LogP contribution in [0.25, 0.3) is 55.3 Å². The van der Waals surface area contributed by atoms with Crippen molar-refractivity contribution >= 4 is 44.4 Å². The highest BCUT2D eigenvalue weighted by atomic mass is 15.2. The van der Waals surface area contributed by atoms with Crippen molar-refractivity contribution in [3.8, 4) is 27.9 Å². The lowest BCUT2D eigenvalue weighted by Crippen LogP contribution is -2.17. The quantitative estimate of drug-likeness (QED) is 0.199. The zero-order chi connectivity index (χ0) is 30.6. The van der Waals surface area contributed by atoms with Gasteiger partial charge in [0.2, 0.25) is 0 Å². The van der Waals surface area contributed by atoms with Gasteiger partial charge in [-0.3, -0.25) is 0 Å². The van der Waals surface area contributed by atoms with Gasteiger partial charge in [0, 0.05) is 33.3 Å². The number of hydrogen-bond acceptors (Lipinski definition) is 1. The zero-order valence-electron chi connectivity index (χ0n) is 25.3. The third-order valence-corrected chi connectivity index (χ3v) is 9.29. The molecule has 2 nitrogen and oxygen atoms in total. The van der Waals surface area contributed by atoms with Crippen LogP contribution in [0.2, 0.25) is 0 Å². The van der Waals surface area contributed by atoms with Crippen molar-refractivity contribution < 1.29 is 0 Å². The Morgan fingerprint density at radius 2 is 0.957 bits per heavy atom. The van der Waals surface area contributed by atoms with E-state index in [0.717, 1.165) is 33.8 Å². The van der Waals surface area contributed by atoms with Gasteiger partial charge in [0.05, 0.1) is 22.4 Å². The fourth-order valence-electron chi connectivity index (χ4n) is 7.07. The molecular weight excluding hydrogens is 556 g/mol. The number of anilines is 3. The Bertz CT molecular complexity index is 2420. The van der Waals surface area contributed by atoms with E-state index < -0.39 is 0 Å². The molecule has 0 radical (unpaired) electrons. The standard InChI is InChI=1S/C44H30N2/c1-30-37-16-8-10-18-41(37)46(36-24-20-32(21-25-36)31-12-4-2-5-13-31)43-26-22-33(28-39(30)43)34-23-27-44-40(29-34)38-17-9-11-19-42(38)45(44)35-14-6-3-7-15-35/h2-29H,1H2. The van der Waals surface area contributed by atoms with Crippen molar-refractivity contribution in [2.24, 2.45) is 0 Å². The maximum absolute atomic E-state index is 4.61. The van der Waals surface area contributed by atoms with Crippen LogP contribution >= 0.6 is 0 Å². The van der Waals surface area contributed by atoms with E-state index in [1.54, 1.807) is 0 Å². The second kappa shape index (κ2) is 10.5. The molecule has 0 atom stereocenters. The molecule has 0 amide bonds. The predicted octanol–water partition coefficient (Wildman–Crippen LogP) is 12.0. The summed E-state index contributed by atoms with van der Waals surface area (Å²) in [5.74, 6) is 0. The maximum Gasteiger partial charge on any atom is 0.0541 e. The first-order valence-electron chi connectivity index (χ1n) is 15.7. The molecule has 9 rings (SSSR count). The minimum atomic E-state index is 1.05. The molecule has 7 aromatic carbocycles.